The van der Waals surface area contributed by atoms with Crippen molar-refractivity contribution in [2.24, 2.45) is 0 Å². The van der Waals surface area contributed by atoms with E-state index in [-0.39, 0.29) is 10.8 Å². The maximum absolute atomic E-state index is 3.93. The Kier molecular flexibility index (Phi) is 8.45. The minimum absolute atomic E-state index is 0.0805. The number of anilines is 5. The predicted octanol–water partition coefficient (Wildman–Crippen LogP) is 14.2. The van der Waals surface area contributed by atoms with Crippen LogP contribution in [0.25, 0.3) is 54.9 Å². The number of aryl methyl sites for hydroxylation is 1. The summed E-state index contributed by atoms with van der Waals surface area (Å²) < 4.78 is 0. The second-order valence-electron chi connectivity index (χ2n) is 18.7. The van der Waals surface area contributed by atoms with Crippen LogP contribution in [-0.2, 0) is 10.8 Å². The maximum Gasteiger partial charge on any atom is 0.198 e. The quantitative estimate of drug-likeness (QED) is 0.175. The second-order valence-corrected chi connectivity index (χ2v) is 18.7. The van der Waals surface area contributed by atoms with Gasteiger partial charge >= 0.3 is 0 Å². The summed E-state index contributed by atoms with van der Waals surface area (Å²) in [4.78, 5) is 2.61. The van der Waals surface area contributed by atoms with Crippen molar-refractivity contribution in [2.75, 3.05) is 10.2 Å². The molecule has 0 radical (unpaired) electrons. The van der Waals surface area contributed by atoms with Crippen molar-refractivity contribution < 1.29 is 0 Å². The highest BCUT2D eigenvalue weighted by atomic mass is 15.2. The van der Waals surface area contributed by atoms with Crippen molar-refractivity contribution in [3.05, 3.63) is 198 Å². The molecule has 0 atom stereocenters. The van der Waals surface area contributed by atoms with Crippen LogP contribution in [0, 0.1) is 6.92 Å². The van der Waals surface area contributed by atoms with Crippen LogP contribution in [0.5, 0.6) is 0 Å². The summed E-state index contributed by atoms with van der Waals surface area (Å²) in [5, 5.41) is 8.86. The summed E-state index contributed by atoms with van der Waals surface area (Å²) in [6, 6.07) is 65.8. The first-order valence-corrected chi connectivity index (χ1v) is 21.7. The second kappa shape index (κ2) is 13.9. The van der Waals surface area contributed by atoms with E-state index in [0.29, 0.717) is 0 Å². The van der Waals surface area contributed by atoms with Gasteiger partial charge in [-0.15, -0.1) is 0 Å². The molecule has 9 aromatic rings. The molecule has 2 nitrogen and oxygen atoms in total. The van der Waals surface area contributed by atoms with Crippen LogP contribution in [0.3, 0.4) is 0 Å². The van der Waals surface area contributed by atoms with E-state index in [1.165, 1.54) is 105 Å². The normalized spacial score (nSPS) is 13.6. The summed E-state index contributed by atoms with van der Waals surface area (Å²) >= 11 is 0. The molecule has 0 fully saturated rings. The number of nitrogens with one attached hydrogen (secondary N) is 1. The van der Waals surface area contributed by atoms with Gasteiger partial charge in [-0.2, -0.15) is 0 Å². The van der Waals surface area contributed by atoms with Crippen LogP contribution >= 0.6 is 0 Å². The lowest BCUT2D eigenvalue weighted by Gasteiger charge is -2.38. The fourth-order valence-electron chi connectivity index (χ4n) is 10.2. The SMILES string of the molecule is Cc1cc(-c2ccccc2)ccc1N1c2cc3c(cc2Bc2c(-c4cc5ccccc5cc4Nc4ccc(C(C)(C)C)cc4)cc4ccccc4c21)-c1ccccc1C3(C)C. The standard InChI is InChI=1S/C58H49BN2/c1-36-30-40(37-16-8-7-9-17-37)24-29-53(36)61-54-35-50-46(45-22-14-15-23-49(45)58(50,5)6)34-51(54)59-55-48(32-41-20-12-13-21-44(41)56(55)61)47-31-38-18-10-11-19-39(38)33-52(47)60-43-27-25-42(26-28-43)57(2,3)4/h7-35,59-60H,1-6H3. The fourth-order valence-corrected chi connectivity index (χ4v) is 10.2. The van der Waals surface area contributed by atoms with Crippen molar-refractivity contribution in [3.63, 3.8) is 0 Å². The van der Waals surface area contributed by atoms with Crippen LogP contribution in [0.4, 0.5) is 28.4 Å². The predicted molar refractivity (Wildman–Crippen MR) is 264 cm³/mol. The third-order valence-corrected chi connectivity index (χ3v) is 13.5. The van der Waals surface area contributed by atoms with E-state index in [0.717, 1.165) is 18.7 Å². The zero-order valence-electron chi connectivity index (χ0n) is 35.9. The van der Waals surface area contributed by atoms with Crippen molar-refractivity contribution >= 4 is 68.2 Å². The van der Waals surface area contributed by atoms with E-state index in [4.69, 9.17) is 0 Å². The maximum atomic E-state index is 3.93. The van der Waals surface area contributed by atoms with Crippen molar-refractivity contribution in [1.29, 1.82) is 0 Å². The number of benzene rings is 9. The van der Waals surface area contributed by atoms with E-state index in [1.54, 1.807) is 0 Å². The average molecular weight is 785 g/mol. The van der Waals surface area contributed by atoms with Crippen LogP contribution in [0.15, 0.2) is 176 Å². The molecule has 294 valence electrons. The van der Waals surface area contributed by atoms with Gasteiger partial charge in [-0.1, -0.05) is 167 Å². The van der Waals surface area contributed by atoms with Crippen molar-refractivity contribution in [1.82, 2.24) is 0 Å². The van der Waals surface area contributed by atoms with Crippen LogP contribution < -0.4 is 21.1 Å². The van der Waals surface area contributed by atoms with E-state index >= 15 is 0 Å². The van der Waals surface area contributed by atoms with Crippen molar-refractivity contribution in [3.8, 4) is 33.4 Å². The zero-order valence-corrected chi connectivity index (χ0v) is 35.9. The summed E-state index contributed by atoms with van der Waals surface area (Å²) in [5.74, 6) is 0. The Balaban J connectivity index is 1.18. The first-order valence-electron chi connectivity index (χ1n) is 21.7. The van der Waals surface area contributed by atoms with Gasteiger partial charge < -0.3 is 10.2 Å². The molecule has 0 unspecified atom stereocenters. The molecular formula is C58H49BN2. The molecule has 0 saturated heterocycles. The summed E-state index contributed by atoms with van der Waals surface area (Å²) in [6.45, 7) is 13.9. The van der Waals surface area contributed by atoms with Gasteiger partial charge in [0.05, 0.1) is 0 Å². The van der Waals surface area contributed by atoms with E-state index in [9.17, 15) is 0 Å². The lowest BCUT2D eigenvalue weighted by Crippen LogP contribution is -2.41. The minimum atomic E-state index is -0.125. The Bertz CT molecular complexity index is 3210. The fraction of sp³-hybridized carbons (Fsp3) is 0.138. The van der Waals surface area contributed by atoms with Crippen molar-refractivity contribution in [2.45, 2.75) is 52.4 Å². The molecule has 61 heavy (non-hydrogen) atoms. The average Bonchev–Trinajstić information content (AvgIpc) is 3.49. The first-order chi connectivity index (χ1) is 29.5. The number of nitrogens with zero attached hydrogens (tertiary/aromatic N) is 1. The van der Waals surface area contributed by atoms with Gasteiger partial charge in [-0.05, 0) is 133 Å². The Hall–Kier alpha value is -6.84. The smallest absolute Gasteiger partial charge is 0.198 e. The Morgan fingerprint density at radius 3 is 1.95 bits per heavy atom. The molecule has 1 N–H and O–H groups in total. The molecule has 11 rings (SSSR count). The highest BCUT2D eigenvalue weighted by Crippen LogP contribution is 2.52. The lowest BCUT2D eigenvalue weighted by molar-refractivity contribution is 0.590. The number of rotatable bonds is 5. The molecule has 1 heterocycles. The Labute approximate surface area is 360 Å². The number of fused-ring (bicyclic) bond motifs is 8. The summed E-state index contributed by atoms with van der Waals surface area (Å²) in [7, 11) is 0.810. The topological polar surface area (TPSA) is 15.3 Å². The number of hydrogen-bond donors (Lipinski definition) is 1. The molecule has 0 spiro atoms. The van der Waals surface area contributed by atoms with Gasteiger partial charge in [0.15, 0.2) is 7.28 Å². The monoisotopic (exact) mass is 784 g/mol. The molecule has 0 saturated carbocycles. The molecular weight excluding hydrogens is 735 g/mol. The van der Waals surface area contributed by atoms with Gasteiger partial charge in [-0.25, -0.2) is 0 Å². The minimum Gasteiger partial charge on any atom is -0.355 e. The molecule has 0 amide bonds. The first kappa shape index (κ1) is 37.2. The molecule has 9 aromatic carbocycles. The highest BCUT2D eigenvalue weighted by Gasteiger charge is 2.39. The molecule has 0 aromatic heterocycles. The highest BCUT2D eigenvalue weighted by molar-refractivity contribution is 6.74. The molecule has 3 heteroatoms. The van der Waals surface area contributed by atoms with Gasteiger partial charge in [-0.3, -0.25) is 0 Å². The van der Waals surface area contributed by atoms with Gasteiger partial charge in [0, 0.05) is 44.8 Å². The third kappa shape index (κ3) is 6.09. The van der Waals surface area contributed by atoms with E-state index in [1.807, 2.05) is 0 Å². The summed E-state index contributed by atoms with van der Waals surface area (Å²) in [6.07, 6.45) is 0. The zero-order chi connectivity index (χ0) is 41.6. The Morgan fingerprint density at radius 2 is 1.20 bits per heavy atom. The van der Waals surface area contributed by atoms with E-state index < -0.39 is 0 Å². The largest absolute Gasteiger partial charge is 0.355 e. The third-order valence-electron chi connectivity index (χ3n) is 13.5. The molecule has 1 aliphatic heterocycles. The van der Waals surface area contributed by atoms with Crippen LogP contribution in [0.2, 0.25) is 0 Å². The van der Waals surface area contributed by atoms with Gasteiger partial charge in [0.2, 0.25) is 0 Å². The molecule has 2 aliphatic rings. The van der Waals surface area contributed by atoms with Crippen LogP contribution in [-0.4, -0.2) is 7.28 Å². The Morgan fingerprint density at radius 1 is 0.525 bits per heavy atom. The van der Waals surface area contributed by atoms with Gasteiger partial charge in [0.1, 0.15) is 0 Å². The van der Waals surface area contributed by atoms with Crippen LogP contribution in [0.1, 0.15) is 56.9 Å². The number of hydrogen-bond acceptors (Lipinski definition) is 2. The molecule has 1 aliphatic carbocycles. The summed E-state index contributed by atoms with van der Waals surface area (Å²) in [5.41, 5.74) is 21.5. The van der Waals surface area contributed by atoms with Gasteiger partial charge in [0.25, 0.3) is 0 Å². The molecule has 0 bridgehead atoms. The van der Waals surface area contributed by atoms with E-state index in [2.05, 4.69) is 228 Å². The lowest BCUT2D eigenvalue weighted by atomic mass is 9.57.